The van der Waals surface area contributed by atoms with Crippen LogP contribution in [-0.2, 0) is 11.4 Å². The molecule has 1 amide bonds. The summed E-state index contributed by atoms with van der Waals surface area (Å²) >= 11 is 0. The number of carbonyl (C=O) groups is 1. The van der Waals surface area contributed by atoms with Gasteiger partial charge in [-0.1, -0.05) is 0 Å². The molecule has 0 bridgehead atoms. The average molecular weight is 316 g/mol. The summed E-state index contributed by atoms with van der Waals surface area (Å²) in [5, 5.41) is 0. The van der Waals surface area contributed by atoms with E-state index in [1.165, 1.54) is 0 Å². The summed E-state index contributed by atoms with van der Waals surface area (Å²) in [7, 11) is 0. The topological polar surface area (TPSA) is 69.7 Å². The molecule has 0 aliphatic heterocycles. The Hall–Kier alpha value is -2.60. The minimum Gasteiger partial charge on any atom is -0.490 e. The summed E-state index contributed by atoms with van der Waals surface area (Å²) in [5.41, 5.74) is 3.80. The van der Waals surface area contributed by atoms with Gasteiger partial charge in [0.2, 0.25) is 0 Å². The summed E-state index contributed by atoms with van der Waals surface area (Å²) in [4.78, 5) is 20.8. The van der Waals surface area contributed by atoms with Crippen LogP contribution in [-0.4, -0.2) is 24.1 Å². The largest absolute Gasteiger partial charge is 0.490 e. The smallest absolute Gasteiger partial charge is 0.274 e. The zero-order valence-electron chi connectivity index (χ0n) is 13.2. The Morgan fingerprint density at radius 1 is 1.04 bits per heavy atom. The highest BCUT2D eigenvalue weighted by molar-refractivity contribution is 5.94. The number of rotatable bonds is 8. The maximum Gasteiger partial charge on any atom is 0.274 e. The maximum absolute atomic E-state index is 11.9. The number of hydroxylamine groups is 1. The van der Waals surface area contributed by atoms with Crippen molar-refractivity contribution < 1.29 is 19.1 Å². The summed E-state index contributed by atoms with van der Waals surface area (Å²) in [6.07, 6.45) is 3.42. The second-order valence-corrected chi connectivity index (χ2v) is 4.60. The lowest BCUT2D eigenvalue weighted by Gasteiger charge is -2.13. The molecule has 23 heavy (non-hydrogen) atoms. The van der Waals surface area contributed by atoms with Gasteiger partial charge in [0.05, 0.1) is 13.2 Å². The number of hydrogen-bond acceptors (Lipinski definition) is 5. The van der Waals surface area contributed by atoms with E-state index in [9.17, 15) is 4.79 Å². The van der Waals surface area contributed by atoms with E-state index >= 15 is 0 Å². The second kappa shape index (κ2) is 8.75. The number of benzene rings is 1. The van der Waals surface area contributed by atoms with Gasteiger partial charge >= 0.3 is 0 Å². The van der Waals surface area contributed by atoms with Gasteiger partial charge in [-0.05, 0) is 49.7 Å². The standard InChI is InChI=1S/C17H20N2O4/c1-3-21-16-11-14(17(20)19-23-4-2)5-6-15(16)22-12-13-7-9-18-10-8-13/h5-11H,3-4,12H2,1-2H3,(H,19,20). The average Bonchev–Trinajstić information content (AvgIpc) is 2.59. The third-order valence-electron chi connectivity index (χ3n) is 2.96. The number of aromatic nitrogens is 1. The van der Waals surface area contributed by atoms with Crippen LogP contribution in [0.25, 0.3) is 0 Å². The molecule has 2 rings (SSSR count). The molecule has 0 spiro atoms. The maximum atomic E-state index is 11.9. The van der Waals surface area contributed by atoms with Gasteiger partial charge in [-0.2, -0.15) is 0 Å². The quantitative estimate of drug-likeness (QED) is 0.758. The van der Waals surface area contributed by atoms with Crippen molar-refractivity contribution in [1.29, 1.82) is 0 Å². The zero-order chi connectivity index (χ0) is 16.5. The fourth-order valence-electron chi connectivity index (χ4n) is 1.87. The van der Waals surface area contributed by atoms with Gasteiger partial charge < -0.3 is 9.47 Å². The van der Waals surface area contributed by atoms with Crippen molar-refractivity contribution in [2.24, 2.45) is 0 Å². The minimum absolute atomic E-state index is 0.325. The monoisotopic (exact) mass is 316 g/mol. The van der Waals surface area contributed by atoms with Crippen molar-refractivity contribution in [3.63, 3.8) is 0 Å². The molecule has 6 heteroatoms. The van der Waals surface area contributed by atoms with E-state index in [-0.39, 0.29) is 5.91 Å². The van der Waals surface area contributed by atoms with Gasteiger partial charge in [0.1, 0.15) is 6.61 Å². The Bertz CT molecular complexity index is 632. The lowest BCUT2D eigenvalue weighted by molar-refractivity contribution is 0.0364. The van der Waals surface area contributed by atoms with Crippen LogP contribution in [0.1, 0.15) is 29.8 Å². The molecule has 1 N–H and O–H groups in total. The molecule has 0 saturated heterocycles. The first-order chi connectivity index (χ1) is 11.2. The Balaban J connectivity index is 2.11. The molecule has 0 fully saturated rings. The molecule has 0 aliphatic carbocycles. The van der Waals surface area contributed by atoms with E-state index in [1.807, 2.05) is 19.1 Å². The predicted octanol–water partition coefficient (Wildman–Crippen LogP) is 2.74. The Morgan fingerprint density at radius 3 is 2.52 bits per heavy atom. The molecule has 122 valence electrons. The lowest BCUT2D eigenvalue weighted by atomic mass is 10.2. The van der Waals surface area contributed by atoms with Gasteiger partial charge in [0, 0.05) is 18.0 Å². The third kappa shape index (κ3) is 4.96. The van der Waals surface area contributed by atoms with E-state index in [2.05, 4.69) is 10.5 Å². The lowest BCUT2D eigenvalue weighted by Crippen LogP contribution is -2.23. The van der Waals surface area contributed by atoms with Crippen LogP contribution in [0.15, 0.2) is 42.7 Å². The molecule has 0 radical (unpaired) electrons. The van der Waals surface area contributed by atoms with Crippen LogP contribution in [0.3, 0.4) is 0 Å². The highest BCUT2D eigenvalue weighted by Crippen LogP contribution is 2.29. The van der Waals surface area contributed by atoms with E-state index in [4.69, 9.17) is 14.3 Å². The normalized spacial score (nSPS) is 10.2. The van der Waals surface area contributed by atoms with Crippen LogP contribution in [0, 0.1) is 0 Å². The van der Waals surface area contributed by atoms with Crippen LogP contribution >= 0.6 is 0 Å². The van der Waals surface area contributed by atoms with Crippen molar-refractivity contribution in [3.05, 3.63) is 53.9 Å². The number of pyridine rings is 1. The molecular formula is C17H20N2O4. The van der Waals surface area contributed by atoms with Gasteiger partial charge in [-0.25, -0.2) is 5.48 Å². The zero-order valence-corrected chi connectivity index (χ0v) is 13.2. The van der Waals surface area contributed by atoms with Crippen molar-refractivity contribution in [2.75, 3.05) is 13.2 Å². The number of carbonyl (C=O) groups excluding carboxylic acids is 1. The molecule has 0 saturated carbocycles. The van der Waals surface area contributed by atoms with Crippen molar-refractivity contribution >= 4 is 5.91 Å². The van der Waals surface area contributed by atoms with Gasteiger partial charge in [0.15, 0.2) is 11.5 Å². The Kier molecular flexibility index (Phi) is 6.38. The highest BCUT2D eigenvalue weighted by atomic mass is 16.6. The van der Waals surface area contributed by atoms with Crippen molar-refractivity contribution in [1.82, 2.24) is 10.5 Å². The molecule has 6 nitrogen and oxygen atoms in total. The highest BCUT2D eigenvalue weighted by Gasteiger charge is 2.12. The summed E-state index contributed by atoms with van der Waals surface area (Å²) < 4.78 is 11.3. The number of nitrogens with one attached hydrogen (secondary N) is 1. The van der Waals surface area contributed by atoms with Crippen molar-refractivity contribution in [3.8, 4) is 11.5 Å². The van der Waals surface area contributed by atoms with Crippen LogP contribution < -0.4 is 15.0 Å². The molecule has 1 heterocycles. The number of amides is 1. The molecule has 0 unspecified atom stereocenters. The number of ether oxygens (including phenoxy) is 2. The SMILES string of the molecule is CCONC(=O)c1ccc(OCc2ccncc2)c(OCC)c1. The Labute approximate surface area is 135 Å². The first kappa shape index (κ1) is 16.8. The van der Waals surface area contributed by atoms with Gasteiger partial charge in [-0.15, -0.1) is 0 Å². The minimum atomic E-state index is -0.325. The van der Waals surface area contributed by atoms with Crippen LogP contribution in [0.5, 0.6) is 11.5 Å². The van der Waals surface area contributed by atoms with Crippen molar-refractivity contribution in [2.45, 2.75) is 20.5 Å². The van der Waals surface area contributed by atoms with Crippen LogP contribution in [0.4, 0.5) is 0 Å². The predicted molar refractivity (Wildman–Crippen MR) is 85.3 cm³/mol. The summed E-state index contributed by atoms with van der Waals surface area (Å²) in [6.45, 7) is 4.94. The molecular weight excluding hydrogens is 296 g/mol. The van der Waals surface area contributed by atoms with Gasteiger partial charge in [-0.3, -0.25) is 14.6 Å². The fraction of sp³-hybridized carbons (Fsp3) is 0.294. The molecule has 2 aromatic rings. The molecule has 0 aliphatic rings. The molecule has 0 atom stereocenters. The fourth-order valence-corrected chi connectivity index (χ4v) is 1.87. The molecule has 1 aromatic heterocycles. The first-order valence-corrected chi connectivity index (χ1v) is 7.45. The Morgan fingerprint density at radius 2 is 1.83 bits per heavy atom. The van der Waals surface area contributed by atoms with E-state index in [1.54, 1.807) is 37.5 Å². The second-order valence-electron chi connectivity index (χ2n) is 4.60. The first-order valence-electron chi connectivity index (χ1n) is 7.45. The van der Waals surface area contributed by atoms with E-state index in [0.717, 1.165) is 5.56 Å². The molecule has 1 aromatic carbocycles. The third-order valence-corrected chi connectivity index (χ3v) is 2.96. The van der Waals surface area contributed by atoms with Gasteiger partial charge in [0.25, 0.3) is 5.91 Å². The van der Waals surface area contributed by atoms with E-state index in [0.29, 0.717) is 36.9 Å². The van der Waals surface area contributed by atoms with Crippen LogP contribution in [0.2, 0.25) is 0 Å². The summed E-state index contributed by atoms with van der Waals surface area (Å²) in [5.74, 6) is 0.774. The number of hydrogen-bond donors (Lipinski definition) is 1. The summed E-state index contributed by atoms with van der Waals surface area (Å²) in [6, 6.07) is 8.78. The van der Waals surface area contributed by atoms with E-state index < -0.39 is 0 Å². The number of nitrogens with zero attached hydrogens (tertiary/aromatic N) is 1.